The number of anilines is 2. The number of carbonyl (C=O) groups excluding carboxylic acids is 4. The number of aromatic nitrogens is 6. The highest BCUT2D eigenvalue weighted by molar-refractivity contribution is 6.08. The standard InChI is InChI=1S/C39H42N12O5/c1-2-42-38(54)49-36-45-30-20-26(24-8-6-10-40-22-24)18-28(32(30)47-36)34(52)43-12-16-56-17-13-44-39(55)50-37-46-31-21-27(25-9-7-11-41-23-25)19-29(33(31)48-37)35(53)51-14-4-3-5-15-51/h6-11,18-23H,2-5,12-17H2,1H3,(H,43,52)(H3,42,45,47,49,54)(H3,44,46,48,50,55). The van der Waals surface area contributed by atoms with Gasteiger partial charge in [0.25, 0.3) is 11.8 Å². The summed E-state index contributed by atoms with van der Waals surface area (Å²) in [5, 5.41) is 13.6. The van der Waals surface area contributed by atoms with Crippen molar-refractivity contribution in [2.45, 2.75) is 26.2 Å². The van der Waals surface area contributed by atoms with Crippen LogP contribution in [0.5, 0.6) is 0 Å². The lowest BCUT2D eigenvalue weighted by atomic mass is 10.0. The second kappa shape index (κ2) is 17.5. The number of pyridine rings is 2. The van der Waals surface area contributed by atoms with Gasteiger partial charge in [0, 0.05) is 68.6 Å². The van der Waals surface area contributed by atoms with E-state index in [-0.39, 0.29) is 50.0 Å². The molecule has 0 atom stereocenters. The van der Waals surface area contributed by atoms with Gasteiger partial charge in [-0.1, -0.05) is 12.1 Å². The molecule has 0 unspecified atom stereocenters. The molecule has 17 nitrogen and oxygen atoms in total. The summed E-state index contributed by atoms with van der Waals surface area (Å²) >= 11 is 0. The fourth-order valence-corrected chi connectivity index (χ4v) is 6.49. The smallest absolute Gasteiger partial charge is 0.321 e. The van der Waals surface area contributed by atoms with Crippen LogP contribution in [0.3, 0.4) is 0 Å². The van der Waals surface area contributed by atoms with E-state index in [9.17, 15) is 19.2 Å². The van der Waals surface area contributed by atoms with Crippen LogP contribution in [0, 0.1) is 0 Å². The number of rotatable bonds is 13. The second-order valence-electron chi connectivity index (χ2n) is 13.1. The predicted octanol–water partition coefficient (Wildman–Crippen LogP) is 4.90. The van der Waals surface area contributed by atoms with Gasteiger partial charge in [-0.25, -0.2) is 19.6 Å². The summed E-state index contributed by atoms with van der Waals surface area (Å²) in [5.41, 5.74) is 6.02. The van der Waals surface area contributed by atoms with E-state index in [2.05, 4.69) is 56.5 Å². The van der Waals surface area contributed by atoms with Crippen molar-refractivity contribution >= 4 is 57.8 Å². The van der Waals surface area contributed by atoms with E-state index in [4.69, 9.17) is 4.74 Å². The fourth-order valence-electron chi connectivity index (χ4n) is 6.49. The topological polar surface area (TPSA) is 224 Å². The Bertz CT molecular complexity index is 2340. The Hall–Kier alpha value is -6.88. The quantitative estimate of drug-likeness (QED) is 0.0795. The van der Waals surface area contributed by atoms with Gasteiger partial charge in [0.05, 0.1) is 35.4 Å². The van der Waals surface area contributed by atoms with Crippen molar-refractivity contribution < 1.29 is 23.9 Å². The summed E-state index contributed by atoms with van der Waals surface area (Å²) in [6, 6.07) is 13.8. The molecule has 5 heterocycles. The Kier molecular flexibility index (Phi) is 11.7. The number of ether oxygens (including phenoxy) is 1. The van der Waals surface area contributed by atoms with Gasteiger partial charge >= 0.3 is 12.1 Å². The molecule has 1 aliphatic rings. The first kappa shape index (κ1) is 37.4. The number of carbonyl (C=O) groups is 4. The lowest BCUT2D eigenvalue weighted by molar-refractivity contribution is 0.0726. The zero-order valence-corrected chi connectivity index (χ0v) is 30.8. The number of benzene rings is 2. The summed E-state index contributed by atoms with van der Waals surface area (Å²) in [7, 11) is 0. The number of fused-ring (bicyclic) bond motifs is 2. The van der Waals surface area contributed by atoms with Crippen LogP contribution in [-0.4, -0.2) is 105 Å². The first-order valence-electron chi connectivity index (χ1n) is 18.5. The van der Waals surface area contributed by atoms with E-state index in [1.807, 2.05) is 41.3 Å². The maximum absolute atomic E-state index is 13.7. The molecule has 1 fully saturated rings. The molecule has 288 valence electrons. The number of nitrogens with zero attached hydrogens (tertiary/aromatic N) is 5. The van der Waals surface area contributed by atoms with Crippen LogP contribution in [0.2, 0.25) is 0 Å². The predicted molar refractivity (Wildman–Crippen MR) is 211 cm³/mol. The van der Waals surface area contributed by atoms with Gasteiger partial charge in [-0.15, -0.1) is 0 Å². The fraction of sp³-hybridized carbons (Fsp3) is 0.282. The number of nitrogens with one attached hydrogen (secondary N) is 7. The summed E-state index contributed by atoms with van der Waals surface area (Å²) < 4.78 is 5.66. The van der Waals surface area contributed by atoms with Crippen LogP contribution in [0.25, 0.3) is 44.3 Å². The van der Waals surface area contributed by atoms with Crippen molar-refractivity contribution in [3.63, 3.8) is 0 Å². The van der Waals surface area contributed by atoms with Gasteiger partial charge < -0.3 is 35.6 Å². The third-order valence-electron chi connectivity index (χ3n) is 9.15. The SMILES string of the molecule is CCNC(=O)Nc1nc2c(C(=O)NCCOCCNC(=O)Nc3nc4c(C(=O)N5CCCCC5)cc(-c5cccnc5)cc4[nH]3)cc(-c3cccnc3)cc2[nH]1. The minimum Gasteiger partial charge on any atom is -0.378 e. The van der Waals surface area contributed by atoms with E-state index in [0.717, 1.165) is 41.5 Å². The van der Waals surface area contributed by atoms with Gasteiger partial charge in [0.2, 0.25) is 11.9 Å². The molecule has 6 amide bonds. The number of urea groups is 2. The van der Waals surface area contributed by atoms with Crippen molar-refractivity contribution in [2.24, 2.45) is 0 Å². The molecule has 0 bridgehead atoms. The van der Waals surface area contributed by atoms with Crippen LogP contribution < -0.4 is 26.6 Å². The Morgan fingerprint density at radius 3 is 1.82 bits per heavy atom. The first-order valence-corrected chi connectivity index (χ1v) is 18.5. The molecule has 1 saturated heterocycles. The van der Waals surface area contributed by atoms with Crippen LogP contribution in [-0.2, 0) is 4.74 Å². The number of piperidine rings is 1. The molecule has 0 saturated carbocycles. The zero-order valence-electron chi connectivity index (χ0n) is 30.8. The molecule has 17 heteroatoms. The molecule has 4 aromatic heterocycles. The Balaban J connectivity index is 0.927. The maximum Gasteiger partial charge on any atom is 0.321 e. The number of likely N-dealkylation sites (tertiary alicyclic amines) is 1. The van der Waals surface area contributed by atoms with Gasteiger partial charge in [-0.2, -0.15) is 0 Å². The van der Waals surface area contributed by atoms with Gasteiger partial charge in [0.15, 0.2) is 0 Å². The largest absolute Gasteiger partial charge is 0.378 e. The number of amides is 6. The number of H-pyrrole nitrogens is 2. The van der Waals surface area contributed by atoms with Crippen LogP contribution >= 0.6 is 0 Å². The molecule has 0 spiro atoms. The van der Waals surface area contributed by atoms with Crippen LogP contribution in [0.1, 0.15) is 46.9 Å². The van der Waals surface area contributed by atoms with E-state index in [1.165, 1.54) is 0 Å². The average molecular weight is 759 g/mol. The summed E-state index contributed by atoms with van der Waals surface area (Å²) in [6.07, 6.45) is 9.81. The summed E-state index contributed by atoms with van der Waals surface area (Å²) in [5.74, 6) is -0.0742. The van der Waals surface area contributed by atoms with Crippen LogP contribution in [0.4, 0.5) is 21.5 Å². The highest BCUT2D eigenvalue weighted by atomic mass is 16.5. The molecular weight excluding hydrogens is 717 g/mol. The normalized spacial score (nSPS) is 12.7. The summed E-state index contributed by atoms with van der Waals surface area (Å²) in [6.45, 7) is 4.38. The number of hydrogen-bond acceptors (Lipinski definition) is 9. The van der Waals surface area contributed by atoms with Crippen molar-refractivity contribution in [1.82, 2.24) is 50.8 Å². The molecule has 0 aliphatic carbocycles. The molecular formula is C39H42N12O5. The van der Waals surface area contributed by atoms with Gasteiger partial charge in [0.1, 0.15) is 11.0 Å². The summed E-state index contributed by atoms with van der Waals surface area (Å²) in [4.78, 5) is 77.5. The van der Waals surface area contributed by atoms with Crippen molar-refractivity contribution in [3.8, 4) is 22.3 Å². The number of aromatic amines is 2. The number of imidazole rings is 2. The molecule has 1 aliphatic heterocycles. The van der Waals surface area contributed by atoms with Crippen molar-refractivity contribution in [1.29, 1.82) is 0 Å². The monoisotopic (exact) mass is 758 g/mol. The lowest BCUT2D eigenvalue weighted by Gasteiger charge is -2.27. The third kappa shape index (κ3) is 8.90. The maximum atomic E-state index is 13.7. The lowest BCUT2D eigenvalue weighted by Crippen LogP contribution is -2.35. The van der Waals surface area contributed by atoms with Crippen LogP contribution in [0.15, 0.2) is 73.3 Å². The first-order chi connectivity index (χ1) is 27.4. The third-order valence-corrected chi connectivity index (χ3v) is 9.15. The van der Waals surface area contributed by atoms with E-state index < -0.39 is 12.1 Å². The molecule has 56 heavy (non-hydrogen) atoms. The molecule has 6 aromatic rings. The Morgan fingerprint density at radius 1 is 0.696 bits per heavy atom. The number of hydrogen-bond donors (Lipinski definition) is 7. The van der Waals surface area contributed by atoms with E-state index in [1.54, 1.807) is 43.8 Å². The van der Waals surface area contributed by atoms with Crippen molar-refractivity contribution in [3.05, 3.63) is 84.4 Å². The molecule has 2 aromatic carbocycles. The average Bonchev–Trinajstić information content (AvgIpc) is 3.83. The zero-order chi connectivity index (χ0) is 38.9. The Labute approximate surface area is 321 Å². The van der Waals surface area contributed by atoms with Crippen molar-refractivity contribution in [2.75, 3.05) is 56.6 Å². The van der Waals surface area contributed by atoms with Gasteiger partial charge in [-0.05, 0) is 73.7 Å². The van der Waals surface area contributed by atoms with E-state index >= 15 is 0 Å². The minimum atomic E-state index is -0.505. The molecule has 7 N–H and O–H groups in total. The minimum absolute atomic E-state index is 0.0938. The second-order valence-corrected chi connectivity index (χ2v) is 13.1. The van der Waals surface area contributed by atoms with E-state index in [0.29, 0.717) is 52.8 Å². The molecule has 7 rings (SSSR count). The van der Waals surface area contributed by atoms with Gasteiger partial charge in [-0.3, -0.25) is 30.2 Å². The molecule has 0 radical (unpaired) electrons. The highest BCUT2D eigenvalue weighted by Gasteiger charge is 2.24. The highest BCUT2D eigenvalue weighted by Crippen LogP contribution is 2.30. The Morgan fingerprint density at radius 2 is 1.25 bits per heavy atom.